The fourth-order valence-corrected chi connectivity index (χ4v) is 3.58. The molecule has 0 unspecified atom stereocenters. The first-order valence-electron chi connectivity index (χ1n) is 7.28. The second-order valence-corrected chi connectivity index (χ2v) is 8.44. The molecule has 0 heterocycles. The molecule has 4 nitrogen and oxygen atoms in total. The summed E-state index contributed by atoms with van der Waals surface area (Å²) in [5.41, 5.74) is 0.962. The van der Waals surface area contributed by atoms with Crippen molar-refractivity contribution < 1.29 is 13.2 Å². The summed E-state index contributed by atoms with van der Waals surface area (Å²) in [6.45, 7) is 1.85. The van der Waals surface area contributed by atoms with Crippen LogP contribution in [0.25, 0.3) is 0 Å². The van der Waals surface area contributed by atoms with E-state index in [0.717, 1.165) is 15.4 Å². The number of carbonyl (C=O) groups excluding carboxylic acids is 1. The Hall–Kier alpha value is -1.79. The predicted molar refractivity (Wildman–Crippen MR) is 93.2 cm³/mol. The number of hydrogen-bond acceptors (Lipinski definition) is 4. The third kappa shape index (κ3) is 5.73. The number of nitrogens with one attached hydrogen (secondary N) is 1. The summed E-state index contributed by atoms with van der Waals surface area (Å²) in [7, 11) is -3.30. The summed E-state index contributed by atoms with van der Waals surface area (Å²) in [4.78, 5) is 13.9. The molecule has 0 atom stereocenters. The van der Waals surface area contributed by atoms with Crippen molar-refractivity contribution in [2.24, 2.45) is 0 Å². The van der Waals surface area contributed by atoms with E-state index < -0.39 is 21.5 Å². The van der Waals surface area contributed by atoms with Crippen LogP contribution >= 0.6 is 11.8 Å². The molecule has 0 bridgehead atoms. The monoisotopic (exact) mass is 349 g/mol. The zero-order valence-electron chi connectivity index (χ0n) is 12.9. The smallest absolute Gasteiger partial charge is 0.235 e. The van der Waals surface area contributed by atoms with Gasteiger partial charge in [-0.1, -0.05) is 55.1 Å². The summed E-state index contributed by atoms with van der Waals surface area (Å²) >= 11 is 1.61. The highest BCUT2D eigenvalue weighted by molar-refractivity contribution is 7.99. The maximum Gasteiger partial charge on any atom is 0.235 e. The minimum absolute atomic E-state index is 0.0269. The van der Waals surface area contributed by atoms with Gasteiger partial charge in [-0.15, -0.1) is 0 Å². The van der Waals surface area contributed by atoms with Gasteiger partial charge in [0, 0.05) is 22.1 Å². The van der Waals surface area contributed by atoms with Gasteiger partial charge in [-0.25, -0.2) is 8.42 Å². The number of carbonyl (C=O) groups is 1. The van der Waals surface area contributed by atoms with Crippen molar-refractivity contribution >= 4 is 27.5 Å². The second-order valence-electron chi connectivity index (χ2n) is 4.98. The van der Waals surface area contributed by atoms with Crippen LogP contribution in [0.1, 0.15) is 12.5 Å². The molecule has 23 heavy (non-hydrogen) atoms. The van der Waals surface area contributed by atoms with E-state index in [0.29, 0.717) is 6.54 Å². The van der Waals surface area contributed by atoms with Gasteiger partial charge in [0.2, 0.25) is 5.91 Å². The lowest BCUT2D eigenvalue weighted by molar-refractivity contribution is -0.118. The molecule has 0 saturated heterocycles. The van der Waals surface area contributed by atoms with Crippen molar-refractivity contribution in [1.29, 1.82) is 0 Å². The summed E-state index contributed by atoms with van der Waals surface area (Å²) in [6.07, 6.45) is 0. The Morgan fingerprint density at radius 2 is 1.70 bits per heavy atom. The molecule has 1 amide bonds. The maximum atomic E-state index is 11.8. The molecular weight excluding hydrogens is 330 g/mol. The highest BCUT2D eigenvalue weighted by Gasteiger charge is 2.14. The van der Waals surface area contributed by atoms with E-state index >= 15 is 0 Å². The molecule has 0 radical (unpaired) electrons. The fraction of sp³-hybridized carbons (Fsp3) is 0.235. The minimum atomic E-state index is -3.30. The van der Waals surface area contributed by atoms with E-state index in [9.17, 15) is 13.2 Å². The standard InChI is InChI=1S/C17H19NO3S2/c1-2-23(20,21)13-17(19)18-12-14-8-6-7-11-16(14)22-15-9-4-3-5-10-15/h3-11H,2,12-13H2,1H3,(H,18,19). The van der Waals surface area contributed by atoms with Crippen molar-refractivity contribution in [2.75, 3.05) is 11.5 Å². The van der Waals surface area contributed by atoms with Gasteiger partial charge < -0.3 is 5.32 Å². The molecule has 2 rings (SSSR count). The predicted octanol–water partition coefficient (Wildman–Crippen LogP) is 2.89. The average molecular weight is 349 g/mol. The van der Waals surface area contributed by atoms with Crippen LogP contribution in [0, 0.1) is 0 Å². The van der Waals surface area contributed by atoms with E-state index in [4.69, 9.17) is 0 Å². The molecule has 0 saturated carbocycles. The molecule has 122 valence electrons. The number of benzene rings is 2. The van der Waals surface area contributed by atoms with Crippen molar-refractivity contribution in [1.82, 2.24) is 5.32 Å². The van der Waals surface area contributed by atoms with E-state index in [2.05, 4.69) is 5.32 Å². The first-order chi connectivity index (χ1) is 11.0. The van der Waals surface area contributed by atoms with Gasteiger partial charge in [0.25, 0.3) is 0 Å². The number of amides is 1. The highest BCUT2D eigenvalue weighted by atomic mass is 32.2. The summed E-state index contributed by atoms with van der Waals surface area (Å²) < 4.78 is 22.9. The summed E-state index contributed by atoms with van der Waals surface area (Å²) in [6, 6.07) is 17.7. The fourth-order valence-electron chi connectivity index (χ4n) is 1.91. The SMILES string of the molecule is CCS(=O)(=O)CC(=O)NCc1ccccc1Sc1ccccc1. The van der Waals surface area contributed by atoms with E-state index in [1.807, 2.05) is 54.6 Å². The van der Waals surface area contributed by atoms with Gasteiger partial charge in [0.05, 0.1) is 0 Å². The highest BCUT2D eigenvalue weighted by Crippen LogP contribution is 2.30. The topological polar surface area (TPSA) is 63.2 Å². The Morgan fingerprint density at radius 1 is 1.04 bits per heavy atom. The lowest BCUT2D eigenvalue weighted by Gasteiger charge is -2.10. The third-order valence-electron chi connectivity index (χ3n) is 3.21. The van der Waals surface area contributed by atoms with Crippen molar-refractivity contribution in [2.45, 2.75) is 23.3 Å². The Bertz CT molecular complexity index is 758. The van der Waals surface area contributed by atoms with Crippen molar-refractivity contribution in [3.8, 4) is 0 Å². The van der Waals surface area contributed by atoms with Crippen molar-refractivity contribution in [3.63, 3.8) is 0 Å². The number of sulfone groups is 1. The van der Waals surface area contributed by atoms with Crippen LogP contribution in [0.3, 0.4) is 0 Å². The lowest BCUT2D eigenvalue weighted by atomic mass is 10.2. The molecule has 0 aliphatic rings. The Balaban J connectivity index is 2.02. The largest absolute Gasteiger partial charge is 0.351 e. The maximum absolute atomic E-state index is 11.8. The zero-order valence-corrected chi connectivity index (χ0v) is 14.5. The van der Waals surface area contributed by atoms with Gasteiger partial charge in [0.1, 0.15) is 5.75 Å². The zero-order chi connectivity index (χ0) is 16.7. The summed E-state index contributed by atoms with van der Waals surface area (Å²) in [5.74, 6) is -0.954. The van der Waals surface area contributed by atoms with Gasteiger partial charge in [-0.3, -0.25) is 4.79 Å². The number of rotatable bonds is 7. The molecule has 0 aliphatic carbocycles. The first kappa shape index (κ1) is 17.6. The Morgan fingerprint density at radius 3 is 2.39 bits per heavy atom. The second kappa shape index (κ2) is 8.17. The molecular formula is C17H19NO3S2. The van der Waals surface area contributed by atoms with Crippen LogP contribution in [-0.4, -0.2) is 25.8 Å². The van der Waals surface area contributed by atoms with Crippen LogP contribution < -0.4 is 5.32 Å². The van der Waals surface area contributed by atoms with Crippen molar-refractivity contribution in [3.05, 3.63) is 60.2 Å². The molecule has 0 aliphatic heterocycles. The third-order valence-corrected chi connectivity index (χ3v) is 5.92. The first-order valence-corrected chi connectivity index (χ1v) is 9.92. The van der Waals surface area contributed by atoms with Crippen LogP contribution in [-0.2, 0) is 21.2 Å². The van der Waals surface area contributed by atoms with Crippen LogP contribution in [0.15, 0.2) is 64.4 Å². The molecule has 0 aromatic heterocycles. The molecule has 0 fully saturated rings. The van der Waals surface area contributed by atoms with E-state index in [-0.39, 0.29) is 5.75 Å². The minimum Gasteiger partial charge on any atom is -0.351 e. The van der Waals surface area contributed by atoms with E-state index in [1.165, 1.54) is 6.92 Å². The molecule has 2 aromatic carbocycles. The number of hydrogen-bond donors (Lipinski definition) is 1. The Kier molecular flexibility index (Phi) is 6.24. The van der Waals surface area contributed by atoms with Gasteiger partial charge in [0.15, 0.2) is 9.84 Å². The molecule has 2 aromatic rings. The van der Waals surface area contributed by atoms with Crippen LogP contribution in [0.2, 0.25) is 0 Å². The molecule has 1 N–H and O–H groups in total. The molecule has 6 heteroatoms. The van der Waals surface area contributed by atoms with Gasteiger partial charge in [-0.2, -0.15) is 0 Å². The van der Waals surface area contributed by atoms with E-state index in [1.54, 1.807) is 11.8 Å². The van der Waals surface area contributed by atoms with Crippen LogP contribution in [0.4, 0.5) is 0 Å². The summed E-state index contributed by atoms with van der Waals surface area (Å²) in [5, 5.41) is 2.68. The van der Waals surface area contributed by atoms with Crippen LogP contribution in [0.5, 0.6) is 0 Å². The van der Waals surface area contributed by atoms with Gasteiger partial charge >= 0.3 is 0 Å². The Labute approximate surface area is 141 Å². The van der Waals surface area contributed by atoms with Gasteiger partial charge in [-0.05, 0) is 23.8 Å². The lowest BCUT2D eigenvalue weighted by Crippen LogP contribution is -2.30. The molecule has 0 spiro atoms. The average Bonchev–Trinajstić information content (AvgIpc) is 2.55. The normalized spacial score (nSPS) is 11.2. The quantitative estimate of drug-likeness (QED) is 0.835.